The van der Waals surface area contributed by atoms with Gasteiger partial charge >= 0.3 is 0 Å². The number of hydrogen-bond donors (Lipinski definition) is 1. The number of carbonyl (C=O) groups excluding carboxylic acids is 2. The summed E-state index contributed by atoms with van der Waals surface area (Å²) in [6.45, 7) is 3.04. The molecule has 2 aromatic rings. The minimum Gasteiger partial charge on any atom is -0.493 e. The van der Waals surface area contributed by atoms with Gasteiger partial charge < -0.3 is 19.3 Å². The number of nitrogens with zero attached hydrogens (tertiary/aromatic N) is 2. The molecule has 2 saturated heterocycles. The molecule has 1 N–H and O–H groups in total. The Hall–Kier alpha value is -2.79. The van der Waals surface area contributed by atoms with Crippen LogP contribution in [0.3, 0.4) is 0 Å². The third-order valence-corrected chi connectivity index (χ3v) is 10.4. The van der Waals surface area contributed by atoms with E-state index in [1.807, 2.05) is 9.80 Å². The summed E-state index contributed by atoms with van der Waals surface area (Å²) >= 11 is 3.64. The molecule has 2 fully saturated rings. The third-order valence-electron chi connectivity index (χ3n) is 8.35. The first-order chi connectivity index (χ1) is 20.7. The van der Waals surface area contributed by atoms with Crippen molar-refractivity contribution in [1.82, 2.24) is 9.80 Å². The van der Waals surface area contributed by atoms with E-state index in [1.165, 1.54) is 26.4 Å². The van der Waals surface area contributed by atoms with Crippen LogP contribution in [-0.4, -0.2) is 70.4 Å². The molecule has 0 spiro atoms. The Kier molecular flexibility index (Phi) is 12.2. The van der Waals surface area contributed by atoms with Crippen LogP contribution in [0.1, 0.15) is 82.1 Å². The van der Waals surface area contributed by atoms with Crippen LogP contribution in [0.25, 0.3) is 0 Å². The van der Waals surface area contributed by atoms with E-state index in [0.29, 0.717) is 55.1 Å². The first-order valence-corrected chi connectivity index (χ1v) is 17.6. The van der Waals surface area contributed by atoms with Crippen molar-refractivity contribution in [3.8, 4) is 11.5 Å². The van der Waals surface area contributed by atoms with E-state index >= 15 is 0 Å². The van der Waals surface area contributed by atoms with Gasteiger partial charge in [-0.25, -0.2) is 8.42 Å². The Bertz CT molecular complexity index is 1350. The SMILES string of the molecule is COc1ccc(S(=O)(=O)Nc2ccc(Br)c(C(CCCC(=O)N3CCCCCC3)C(=O)N3CCCCCC3)c2)cc1OC. The van der Waals surface area contributed by atoms with Crippen molar-refractivity contribution < 1.29 is 27.5 Å². The van der Waals surface area contributed by atoms with E-state index in [0.717, 1.165) is 68.9 Å². The zero-order valence-electron chi connectivity index (χ0n) is 25.3. The summed E-state index contributed by atoms with van der Waals surface area (Å²) in [5.41, 5.74) is 1.06. The highest BCUT2D eigenvalue weighted by Gasteiger charge is 2.29. The maximum Gasteiger partial charge on any atom is 0.262 e. The Morgan fingerprint density at radius 1 is 0.837 bits per heavy atom. The molecule has 0 saturated carbocycles. The number of nitrogens with one attached hydrogen (secondary N) is 1. The molecule has 0 aromatic heterocycles. The van der Waals surface area contributed by atoms with Crippen molar-refractivity contribution in [2.75, 3.05) is 45.1 Å². The molecule has 0 radical (unpaired) electrons. The summed E-state index contributed by atoms with van der Waals surface area (Å²) in [6, 6.07) is 9.59. The van der Waals surface area contributed by atoms with Gasteiger partial charge in [0.25, 0.3) is 10.0 Å². The lowest BCUT2D eigenvalue weighted by Gasteiger charge is -2.28. The molecule has 1 unspecified atom stereocenters. The Morgan fingerprint density at radius 2 is 1.44 bits per heavy atom. The maximum absolute atomic E-state index is 14.0. The highest BCUT2D eigenvalue weighted by Crippen LogP contribution is 2.35. The van der Waals surface area contributed by atoms with Gasteiger partial charge in [-0.15, -0.1) is 0 Å². The molecule has 2 heterocycles. The minimum atomic E-state index is -3.96. The number of hydrogen-bond acceptors (Lipinski definition) is 6. The van der Waals surface area contributed by atoms with Gasteiger partial charge in [-0.05, 0) is 74.4 Å². The number of carbonyl (C=O) groups is 2. The van der Waals surface area contributed by atoms with E-state index in [-0.39, 0.29) is 16.7 Å². The molecule has 1 atom stereocenters. The monoisotopic (exact) mass is 677 g/mol. The van der Waals surface area contributed by atoms with Crippen molar-refractivity contribution >= 4 is 43.5 Å². The van der Waals surface area contributed by atoms with Gasteiger partial charge in [-0.1, -0.05) is 41.6 Å². The van der Waals surface area contributed by atoms with Gasteiger partial charge in [-0.3, -0.25) is 14.3 Å². The van der Waals surface area contributed by atoms with Crippen molar-refractivity contribution in [2.24, 2.45) is 0 Å². The van der Waals surface area contributed by atoms with Crippen LogP contribution in [0, 0.1) is 0 Å². The first kappa shape index (κ1) is 33.1. The maximum atomic E-state index is 14.0. The molecular weight excluding hydrogens is 634 g/mol. The molecule has 2 aliphatic heterocycles. The van der Waals surface area contributed by atoms with Crippen LogP contribution in [0.15, 0.2) is 45.8 Å². The van der Waals surface area contributed by atoms with Crippen LogP contribution >= 0.6 is 15.9 Å². The van der Waals surface area contributed by atoms with E-state index in [9.17, 15) is 18.0 Å². The molecule has 236 valence electrons. The fraction of sp³-hybridized carbons (Fsp3) is 0.562. The molecule has 0 aliphatic carbocycles. The second-order valence-electron chi connectivity index (χ2n) is 11.3. The Labute approximate surface area is 264 Å². The highest BCUT2D eigenvalue weighted by atomic mass is 79.9. The summed E-state index contributed by atoms with van der Waals surface area (Å²) in [5, 5.41) is 0. The summed E-state index contributed by atoms with van der Waals surface area (Å²) < 4.78 is 40.6. The number of likely N-dealkylation sites (tertiary alicyclic amines) is 2. The summed E-state index contributed by atoms with van der Waals surface area (Å²) in [6.07, 6.45) is 10.0. The molecular formula is C32H44BrN3O6S. The Morgan fingerprint density at radius 3 is 2.05 bits per heavy atom. The van der Waals surface area contributed by atoms with Gasteiger partial charge in [0.05, 0.1) is 25.0 Å². The van der Waals surface area contributed by atoms with E-state index in [2.05, 4.69) is 20.7 Å². The number of ether oxygens (including phenoxy) is 2. The zero-order chi connectivity index (χ0) is 30.8. The summed E-state index contributed by atoms with van der Waals surface area (Å²) in [5.74, 6) is 0.411. The highest BCUT2D eigenvalue weighted by molar-refractivity contribution is 9.10. The smallest absolute Gasteiger partial charge is 0.262 e. The van der Waals surface area contributed by atoms with Crippen molar-refractivity contribution in [1.29, 1.82) is 0 Å². The molecule has 43 heavy (non-hydrogen) atoms. The normalized spacial score (nSPS) is 17.0. The lowest BCUT2D eigenvalue weighted by atomic mass is 9.91. The number of halogens is 1. The fourth-order valence-corrected chi connectivity index (χ4v) is 7.52. The number of benzene rings is 2. The van der Waals surface area contributed by atoms with Crippen LogP contribution in [0.4, 0.5) is 5.69 Å². The lowest BCUT2D eigenvalue weighted by Crippen LogP contribution is -2.36. The number of anilines is 1. The van der Waals surface area contributed by atoms with Gasteiger partial charge in [0.2, 0.25) is 11.8 Å². The second kappa shape index (κ2) is 15.8. The van der Waals surface area contributed by atoms with Crippen LogP contribution in [-0.2, 0) is 19.6 Å². The number of amides is 2. The molecule has 2 aliphatic rings. The van der Waals surface area contributed by atoms with Crippen molar-refractivity contribution in [3.63, 3.8) is 0 Å². The van der Waals surface area contributed by atoms with Gasteiger partial charge in [-0.2, -0.15) is 0 Å². The predicted molar refractivity (Wildman–Crippen MR) is 171 cm³/mol. The predicted octanol–water partition coefficient (Wildman–Crippen LogP) is 6.33. The molecule has 9 nitrogen and oxygen atoms in total. The van der Waals surface area contributed by atoms with Crippen LogP contribution < -0.4 is 14.2 Å². The van der Waals surface area contributed by atoms with E-state index in [1.54, 1.807) is 24.3 Å². The molecule has 2 amide bonds. The molecule has 4 rings (SSSR count). The topological polar surface area (TPSA) is 105 Å². The molecule has 11 heteroatoms. The quantitative estimate of drug-likeness (QED) is 0.298. The van der Waals surface area contributed by atoms with Crippen molar-refractivity contribution in [2.45, 2.75) is 81.4 Å². The largest absolute Gasteiger partial charge is 0.493 e. The third kappa shape index (κ3) is 8.88. The fourth-order valence-electron chi connectivity index (χ4n) is 5.93. The van der Waals surface area contributed by atoms with Crippen LogP contribution in [0.2, 0.25) is 0 Å². The summed E-state index contributed by atoms with van der Waals surface area (Å²) in [7, 11) is -1.02. The average Bonchev–Trinajstić information content (AvgIpc) is 3.46. The average molecular weight is 679 g/mol. The van der Waals surface area contributed by atoms with E-state index < -0.39 is 15.9 Å². The number of rotatable bonds is 11. The van der Waals surface area contributed by atoms with Gasteiger partial charge in [0.15, 0.2) is 11.5 Å². The minimum absolute atomic E-state index is 0.0267. The standard InChI is InChI=1S/C32H44BrN3O6S/c1-41-29-17-15-25(23-30(29)42-2)43(39,40)34-24-14-16-28(33)27(22-24)26(32(38)36-20-9-5-6-10-21-36)12-11-13-31(37)35-18-7-3-4-8-19-35/h14-17,22-23,26,34H,3-13,18-21H2,1-2H3. The summed E-state index contributed by atoms with van der Waals surface area (Å²) in [4.78, 5) is 31.0. The first-order valence-electron chi connectivity index (χ1n) is 15.3. The Balaban J connectivity index is 1.56. The van der Waals surface area contributed by atoms with E-state index in [4.69, 9.17) is 9.47 Å². The zero-order valence-corrected chi connectivity index (χ0v) is 27.7. The second-order valence-corrected chi connectivity index (χ2v) is 13.9. The number of sulfonamides is 1. The van der Waals surface area contributed by atoms with Gasteiger partial charge in [0, 0.05) is 48.8 Å². The van der Waals surface area contributed by atoms with Gasteiger partial charge in [0.1, 0.15) is 0 Å². The molecule has 0 bridgehead atoms. The van der Waals surface area contributed by atoms with Crippen LogP contribution in [0.5, 0.6) is 11.5 Å². The lowest BCUT2D eigenvalue weighted by molar-refractivity contribution is -0.134. The number of methoxy groups -OCH3 is 2. The van der Waals surface area contributed by atoms with Crippen molar-refractivity contribution in [3.05, 3.63) is 46.4 Å². The molecule has 2 aromatic carbocycles.